The highest BCUT2D eigenvalue weighted by molar-refractivity contribution is 6.67. The summed E-state index contributed by atoms with van der Waals surface area (Å²) in [7, 11) is 1.41. The Morgan fingerprint density at radius 3 is 1.77 bits per heavy atom. The van der Waals surface area contributed by atoms with Crippen LogP contribution in [-0.2, 0) is 36.7 Å². The first-order valence-electron chi connectivity index (χ1n) is 10.2. The minimum Gasteiger partial charge on any atom is -0.462 e. The van der Waals surface area contributed by atoms with Crippen LogP contribution in [0.3, 0.4) is 0 Å². The van der Waals surface area contributed by atoms with Crippen molar-refractivity contribution in [1.29, 1.82) is 0 Å². The van der Waals surface area contributed by atoms with Crippen LogP contribution in [0.15, 0.2) is 12.2 Å². The summed E-state index contributed by atoms with van der Waals surface area (Å²) in [6.07, 6.45) is 1.66. The largest absolute Gasteiger partial charge is 0.462 e. The fourth-order valence-electron chi connectivity index (χ4n) is 2.44. The zero-order valence-corrected chi connectivity index (χ0v) is 21.5. The fourth-order valence-corrected chi connectivity index (χ4v) is 5.79. The molecule has 2 N–H and O–H groups in total. The molecule has 1 fully saturated rings. The molecule has 1 atom stereocenters. The molecule has 0 radical (unpaired) electrons. The minimum absolute atomic E-state index is 0.00820. The van der Waals surface area contributed by atoms with Crippen molar-refractivity contribution < 1.29 is 46.9 Å². The third-order valence-corrected chi connectivity index (χ3v) is 11.0. The molecule has 12 heteroatoms. The highest BCUT2D eigenvalue weighted by Crippen LogP contribution is 2.15. The molecule has 0 amide bonds. The maximum absolute atomic E-state index is 11.1. The zero-order valence-electron chi connectivity index (χ0n) is 19.5. The van der Waals surface area contributed by atoms with E-state index in [0.717, 1.165) is 19.1 Å². The molecule has 0 bridgehead atoms. The average molecular weight is 485 g/mol. The molecule has 1 aliphatic heterocycles. The summed E-state index contributed by atoms with van der Waals surface area (Å²) in [5, 5.41) is 18.3. The number of carbonyl (C=O) groups excluding carboxylic acids is 1. The van der Waals surface area contributed by atoms with Crippen LogP contribution in [0.1, 0.15) is 19.8 Å². The molecule has 10 nitrogen and oxygen atoms in total. The van der Waals surface area contributed by atoms with Crippen molar-refractivity contribution in [3.05, 3.63) is 12.2 Å². The van der Waals surface area contributed by atoms with Crippen LogP contribution < -0.4 is 0 Å². The van der Waals surface area contributed by atoms with Gasteiger partial charge in [0.1, 0.15) is 6.10 Å². The molecule has 1 unspecified atom stereocenters. The number of aliphatic hydroxyl groups is 2. The lowest BCUT2D eigenvalue weighted by molar-refractivity contribution is -0.138. The molecule has 184 valence electrons. The number of hydrogen-bond acceptors (Lipinski definition) is 10. The number of aliphatic hydroxyl groups excluding tert-OH is 2. The second-order valence-electron chi connectivity index (χ2n) is 7.11. The first-order chi connectivity index (χ1) is 14.8. The number of epoxide rings is 1. The van der Waals surface area contributed by atoms with E-state index in [1.165, 1.54) is 14.2 Å². The van der Waals surface area contributed by atoms with Crippen LogP contribution in [0.25, 0.3) is 0 Å². The molecule has 0 aromatic heterocycles. The van der Waals surface area contributed by atoms with Gasteiger partial charge in [0.15, 0.2) is 0 Å². The van der Waals surface area contributed by atoms with E-state index >= 15 is 0 Å². The van der Waals surface area contributed by atoms with E-state index in [2.05, 4.69) is 6.58 Å². The molecule has 0 aromatic carbocycles. The Morgan fingerprint density at radius 1 is 0.968 bits per heavy atom. The summed E-state index contributed by atoms with van der Waals surface area (Å²) in [6.45, 7) is 7.52. The van der Waals surface area contributed by atoms with E-state index in [4.69, 9.17) is 37.0 Å². The summed E-state index contributed by atoms with van der Waals surface area (Å²) >= 11 is 0. The fraction of sp³-hybridized carbons (Fsp3) is 0.842. The Hall–Kier alpha value is -0.676. The topological polar surface area (TPSA) is 125 Å². The van der Waals surface area contributed by atoms with Gasteiger partial charge in [-0.2, -0.15) is 0 Å². The third-order valence-electron chi connectivity index (χ3n) is 4.81. The highest BCUT2D eigenvalue weighted by Gasteiger charge is 2.35. The third kappa shape index (κ3) is 12.8. The van der Waals surface area contributed by atoms with E-state index in [1.807, 2.05) is 0 Å². The molecule has 31 heavy (non-hydrogen) atoms. The number of esters is 1. The van der Waals surface area contributed by atoms with Gasteiger partial charge in [0, 0.05) is 40.6 Å². The molecular weight excluding hydrogens is 444 g/mol. The maximum Gasteiger partial charge on any atom is 0.364 e. The first-order valence-corrected chi connectivity index (χ1v) is 14.7. The van der Waals surface area contributed by atoms with Gasteiger partial charge in [-0.3, -0.25) is 0 Å². The predicted octanol–water partition coefficient (Wildman–Crippen LogP) is 0.821. The van der Waals surface area contributed by atoms with Gasteiger partial charge in [-0.1, -0.05) is 6.58 Å². The maximum atomic E-state index is 11.1. The lowest BCUT2D eigenvalue weighted by Crippen LogP contribution is -2.44. The zero-order chi connectivity index (χ0) is 23.8. The van der Waals surface area contributed by atoms with Gasteiger partial charge in [0.05, 0.1) is 32.3 Å². The average Bonchev–Trinajstić information content (AvgIpc) is 3.62. The van der Waals surface area contributed by atoms with Crippen LogP contribution in [0.5, 0.6) is 0 Å². The molecule has 0 aliphatic carbocycles. The minimum atomic E-state index is -2.47. The van der Waals surface area contributed by atoms with Gasteiger partial charge < -0.3 is 42.1 Å². The van der Waals surface area contributed by atoms with Crippen LogP contribution in [0.2, 0.25) is 12.1 Å². The van der Waals surface area contributed by atoms with Crippen molar-refractivity contribution in [1.82, 2.24) is 0 Å². The number of hydrogen-bond donors (Lipinski definition) is 2. The summed E-state index contributed by atoms with van der Waals surface area (Å²) in [4.78, 5) is 11.1. The lowest BCUT2D eigenvalue weighted by atomic mass is 10.4. The molecule has 0 aromatic rings. The van der Waals surface area contributed by atoms with E-state index in [1.54, 1.807) is 21.1 Å². The van der Waals surface area contributed by atoms with Crippen molar-refractivity contribution in [3.8, 4) is 0 Å². The number of carbonyl (C=O) groups is 1. The van der Waals surface area contributed by atoms with Gasteiger partial charge >= 0.3 is 23.1 Å². The summed E-state index contributed by atoms with van der Waals surface area (Å²) in [5.41, 5.74) is 0.379. The Bertz CT molecular complexity index is 478. The summed E-state index contributed by atoms with van der Waals surface area (Å²) in [5.74, 6) is -0.397. The first kappa shape index (κ1) is 30.3. The summed E-state index contributed by atoms with van der Waals surface area (Å²) < 4.78 is 36.3. The monoisotopic (exact) mass is 484 g/mol. The van der Waals surface area contributed by atoms with Gasteiger partial charge in [-0.25, -0.2) is 4.79 Å². The van der Waals surface area contributed by atoms with Gasteiger partial charge in [0.2, 0.25) is 0 Å². The quantitative estimate of drug-likeness (QED) is 0.101. The normalized spacial score (nSPS) is 15.8. The number of rotatable bonds is 17. The van der Waals surface area contributed by atoms with Crippen molar-refractivity contribution in [3.63, 3.8) is 0 Å². The SMILES string of the molecule is C=C(C)C(=O)OCCC[Si](CO)(OC)OC.CO[Si](CO)(CCCOCC1CO1)OC. The Kier molecular flexibility index (Phi) is 16.5. The highest BCUT2D eigenvalue weighted by atomic mass is 28.4. The lowest BCUT2D eigenvalue weighted by Gasteiger charge is -2.24. The van der Waals surface area contributed by atoms with Crippen molar-refractivity contribution in [2.75, 3.05) is 67.3 Å². The molecule has 1 aliphatic rings. The van der Waals surface area contributed by atoms with Crippen LogP contribution >= 0.6 is 0 Å². The second-order valence-corrected chi connectivity index (χ2v) is 14.0. The van der Waals surface area contributed by atoms with Crippen LogP contribution in [0, 0.1) is 0 Å². The standard InChI is InChI=1S/C10H20O5Si.C9H20O5Si/c1-9(2)10(12)15-6-5-7-16(8-11,13-3)14-4;1-11-15(8-10,12-2)5-3-4-13-6-9-7-14-9/h11H,1,5-8H2,2-4H3;9-10H,3-8H2,1-2H3. The predicted molar refractivity (Wildman–Crippen MR) is 119 cm³/mol. The van der Waals surface area contributed by atoms with E-state index in [0.29, 0.717) is 37.4 Å². The number of ether oxygens (including phenoxy) is 3. The Balaban J connectivity index is 0.000000581. The summed E-state index contributed by atoms with van der Waals surface area (Å²) in [6, 6.07) is 1.34. The van der Waals surface area contributed by atoms with Crippen LogP contribution in [-0.4, -0.2) is 107 Å². The molecule has 1 saturated heterocycles. The van der Waals surface area contributed by atoms with Gasteiger partial charge in [-0.15, -0.1) is 0 Å². The van der Waals surface area contributed by atoms with E-state index in [9.17, 15) is 9.90 Å². The van der Waals surface area contributed by atoms with Gasteiger partial charge in [-0.05, 0) is 31.9 Å². The molecule has 0 spiro atoms. The van der Waals surface area contributed by atoms with Crippen molar-refractivity contribution in [2.45, 2.75) is 38.0 Å². The van der Waals surface area contributed by atoms with Crippen molar-refractivity contribution in [2.24, 2.45) is 0 Å². The second kappa shape index (κ2) is 16.9. The van der Waals surface area contributed by atoms with E-state index in [-0.39, 0.29) is 19.1 Å². The van der Waals surface area contributed by atoms with E-state index < -0.39 is 23.1 Å². The van der Waals surface area contributed by atoms with Crippen LogP contribution in [0.4, 0.5) is 0 Å². The molecule has 1 heterocycles. The Morgan fingerprint density at radius 2 is 1.42 bits per heavy atom. The molecular formula is C19H40O10Si2. The van der Waals surface area contributed by atoms with Gasteiger partial charge in [0.25, 0.3) is 0 Å². The Labute approximate surface area is 187 Å². The molecule has 1 rings (SSSR count). The smallest absolute Gasteiger partial charge is 0.364 e. The molecule has 0 saturated carbocycles. The van der Waals surface area contributed by atoms with Crippen molar-refractivity contribution >= 4 is 23.1 Å².